The monoisotopic (exact) mass is 1020 g/mol. The molecule has 0 radical (unpaired) electrons. The number of alkyl halides is 1. The Kier molecular flexibility index (Phi) is 18.1. The molecule has 25 heteroatoms. The molecule has 0 spiro atoms. The van der Waals surface area contributed by atoms with Crippen LogP contribution in [0.3, 0.4) is 0 Å². The van der Waals surface area contributed by atoms with Crippen LogP contribution < -0.4 is 22.9 Å². The van der Waals surface area contributed by atoms with Crippen molar-refractivity contribution < 1.29 is 26.4 Å². The number of rotatable bonds is 10. The molecule has 0 bridgehead atoms. The fourth-order valence-corrected chi connectivity index (χ4v) is 10.2. The van der Waals surface area contributed by atoms with Gasteiger partial charge >= 0.3 is 0 Å². The lowest BCUT2D eigenvalue weighted by atomic mass is 9.97. The van der Waals surface area contributed by atoms with E-state index in [4.69, 9.17) is 29.4 Å². The highest BCUT2D eigenvalue weighted by atomic mass is 79.9. The summed E-state index contributed by atoms with van der Waals surface area (Å²) in [4.78, 5) is 31.8. The maximum Gasteiger partial charge on any atom is 0.243 e. The summed E-state index contributed by atoms with van der Waals surface area (Å²) in [5, 5.41) is 38.7. The van der Waals surface area contributed by atoms with E-state index in [0.29, 0.717) is 69.0 Å². The second-order valence-corrected chi connectivity index (χ2v) is 20.0. The summed E-state index contributed by atoms with van der Waals surface area (Å²) >= 11 is 8.92. The van der Waals surface area contributed by atoms with Crippen LogP contribution in [0.25, 0.3) is 22.3 Å². The molecule has 0 saturated carbocycles. The van der Waals surface area contributed by atoms with Crippen molar-refractivity contribution in [3.8, 4) is 46.5 Å². The van der Waals surface area contributed by atoms with Gasteiger partial charge in [-0.3, -0.25) is 9.59 Å². The van der Waals surface area contributed by atoms with Gasteiger partial charge in [-0.15, -0.1) is 0 Å². The first-order valence-corrected chi connectivity index (χ1v) is 24.5. The maximum atomic E-state index is 13.0. The molecule has 2 aliphatic heterocycles. The number of likely N-dealkylation sites (N-methyl/N-ethyl adjacent to an activating group) is 2. The van der Waals surface area contributed by atoms with Gasteiger partial charge in [0.15, 0.2) is 0 Å². The van der Waals surface area contributed by atoms with Crippen molar-refractivity contribution in [3.05, 3.63) is 75.4 Å². The van der Waals surface area contributed by atoms with Gasteiger partial charge < -0.3 is 37.7 Å². The number of nitrogens with zero attached hydrogens (tertiary/aromatic N) is 9. The van der Waals surface area contributed by atoms with E-state index < -0.39 is 26.0 Å². The number of anilines is 2. The molecule has 20 nitrogen and oxygen atoms in total. The SMILES string of the molecule is CN1CCN(S(=O)(=O)c2ccc(-c3c(C#N)c(N)[nH]c(=S)c3C#N)cc2)CC1.CN1CCN(S(=O)(=O)c2ccc(-c3c(C#N)c(N)nc(SCC(N)=O)c3C#N)cc2)CC1.NC(=O)CBr. The first kappa shape index (κ1) is 51.7. The number of benzene rings is 2. The predicted molar refractivity (Wildman–Crippen MR) is 250 cm³/mol. The number of aromatic amines is 1. The number of aromatic nitrogens is 2. The maximum absolute atomic E-state index is 13.0. The summed E-state index contributed by atoms with van der Waals surface area (Å²) in [6.45, 7) is 4.32. The van der Waals surface area contributed by atoms with E-state index in [9.17, 15) is 47.5 Å². The second-order valence-electron chi connectivity index (χ2n) is 14.2. The highest BCUT2D eigenvalue weighted by molar-refractivity contribution is 9.09. The number of halogens is 1. The van der Waals surface area contributed by atoms with Crippen molar-refractivity contribution in [1.29, 1.82) is 21.0 Å². The van der Waals surface area contributed by atoms with Gasteiger partial charge in [0.05, 0.1) is 32.0 Å². The van der Waals surface area contributed by atoms with Crippen LogP contribution in [0.15, 0.2) is 63.3 Å². The van der Waals surface area contributed by atoms with Crippen LogP contribution in [0.5, 0.6) is 0 Å². The summed E-state index contributed by atoms with van der Waals surface area (Å²) in [7, 11) is -3.38. The Balaban J connectivity index is 0.000000259. The number of carbonyl (C=O) groups is 2. The largest absolute Gasteiger partial charge is 0.384 e. The average molecular weight is 1020 g/mol. The zero-order valence-electron chi connectivity index (χ0n) is 35.0. The zero-order valence-corrected chi connectivity index (χ0v) is 39.8. The average Bonchev–Trinajstić information content (AvgIpc) is 3.28. The number of H-pyrrole nitrogens is 1. The van der Waals surface area contributed by atoms with E-state index >= 15 is 0 Å². The highest BCUT2D eigenvalue weighted by Crippen LogP contribution is 2.36. The van der Waals surface area contributed by atoms with Crippen molar-refractivity contribution >= 4 is 83.4 Å². The number of nitrogens with two attached hydrogens (primary N) is 4. The minimum atomic E-state index is -3.67. The lowest BCUT2D eigenvalue weighted by molar-refractivity contribution is -0.116. The molecule has 2 fully saturated rings. The van der Waals surface area contributed by atoms with Crippen LogP contribution in [-0.2, 0) is 29.6 Å². The van der Waals surface area contributed by atoms with Gasteiger partial charge in [-0.2, -0.15) is 29.7 Å². The van der Waals surface area contributed by atoms with Crippen LogP contribution in [0.2, 0.25) is 0 Å². The molecule has 0 aliphatic carbocycles. The molecule has 65 heavy (non-hydrogen) atoms. The fraction of sp³-hybridized carbons (Fsp3) is 0.300. The smallest absolute Gasteiger partial charge is 0.243 e. The number of hydrogen-bond acceptors (Lipinski definition) is 17. The van der Waals surface area contributed by atoms with Crippen molar-refractivity contribution in [2.45, 2.75) is 14.8 Å². The Bertz CT molecular complexity index is 2890. The number of nitrogen functional groups attached to an aromatic ring is 2. The molecule has 4 aromatic rings. The first-order chi connectivity index (χ1) is 30.7. The van der Waals surface area contributed by atoms with Crippen molar-refractivity contribution in [2.75, 3.05) is 89.0 Å². The Morgan fingerprint density at radius 2 is 1.08 bits per heavy atom. The van der Waals surface area contributed by atoms with E-state index in [2.05, 4.69) is 41.4 Å². The standard InChI is InChI=1S/C20H21N7O3S2.C18H18N6O2S2.C2H4BrNO/c1-26-6-8-27(9-7-26)32(29,30)14-4-2-13(3-5-14)18-15(10-21)19(24)25-20(16(18)11-22)31-12-17(23)28;1-23-6-8-24(9-7-23)28(25,26)13-4-2-12(3-5-13)16-14(10-19)17(21)22-18(27)15(16)11-20;3-1-2(4)5/h2-5H,6-9,12H2,1H3,(H2,23,28)(H2,24,25);2-5H,6-9H2,1H3,(H3,21,22,27);1H2,(H2,4,5). The van der Waals surface area contributed by atoms with Gasteiger partial charge in [0.25, 0.3) is 0 Å². The number of pyridine rings is 2. The van der Waals surface area contributed by atoms with Crippen LogP contribution in [-0.4, -0.2) is 135 Å². The third-order valence-electron chi connectivity index (χ3n) is 9.85. The minimum absolute atomic E-state index is 0.000324. The molecular weight excluding hydrogens is 981 g/mol. The molecule has 9 N–H and O–H groups in total. The lowest BCUT2D eigenvalue weighted by Crippen LogP contribution is -2.46. The normalized spacial score (nSPS) is 14.8. The van der Waals surface area contributed by atoms with Crippen molar-refractivity contribution in [2.24, 2.45) is 11.5 Å². The summed E-state index contributed by atoms with van der Waals surface area (Å²) in [6.07, 6.45) is 0. The third-order valence-corrected chi connectivity index (χ3v) is 15.5. The molecule has 340 valence electrons. The quantitative estimate of drug-likeness (QED) is 0.0863. The zero-order chi connectivity index (χ0) is 48.2. The van der Waals surface area contributed by atoms with Crippen molar-refractivity contribution in [1.82, 2.24) is 28.4 Å². The van der Waals surface area contributed by atoms with E-state index in [-0.39, 0.29) is 75.9 Å². The van der Waals surface area contributed by atoms with Gasteiger partial charge in [-0.05, 0) is 49.5 Å². The topological polar surface area (TPSA) is 343 Å². The molecule has 2 aromatic heterocycles. The lowest BCUT2D eigenvalue weighted by Gasteiger charge is -2.31. The van der Waals surface area contributed by atoms with Crippen molar-refractivity contribution in [3.63, 3.8) is 0 Å². The molecule has 0 atom stereocenters. The fourth-order valence-electron chi connectivity index (χ4n) is 6.40. The number of sulfonamides is 2. The highest BCUT2D eigenvalue weighted by Gasteiger charge is 2.30. The molecule has 2 aliphatic rings. The Hall–Kier alpha value is -5.97. The summed E-state index contributed by atoms with van der Waals surface area (Å²) in [5.41, 5.74) is 23.3. The van der Waals surface area contributed by atoms with Gasteiger partial charge in [-0.25, -0.2) is 21.8 Å². The molecule has 2 saturated heterocycles. The number of amides is 2. The van der Waals surface area contributed by atoms with E-state index in [1.54, 1.807) is 12.1 Å². The third kappa shape index (κ3) is 12.4. The van der Waals surface area contributed by atoms with Gasteiger partial charge in [0, 0.05) is 63.5 Å². The number of hydrogen-bond donors (Lipinski definition) is 5. The summed E-state index contributed by atoms with van der Waals surface area (Å²) in [6, 6.07) is 20.0. The molecule has 6 rings (SSSR count). The molecule has 0 unspecified atom stereocenters. The number of piperazine rings is 2. The van der Waals surface area contributed by atoms with Crippen LogP contribution in [0.1, 0.15) is 22.3 Å². The first-order valence-electron chi connectivity index (χ1n) is 19.1. The van der Waals surface area contributed by atoms with Crippen LogP contribution >= 0.6 is 39.9 Å². The van der Waals surface area contributed by atoms with E-state index in [0.717, 1.165) is 11.8 Å². The number of carbonyl (C=O) groups excluding carboxylic acids is 2. The Morgan fingerprint density at radius 3 is 1.43 bits per heavy atom. The Labute approximate surface area is 394 Å². The summed E-state index contributed by atoms with van der Waals surface area (Å²) in [5.74, 6) is -1.07. The van der Waals surface area contributed by atoms with E-state index in [1.807, 2.05) is 38.4 Å². The summed E-state index contributed by atoms with van der Waals surface area (Å²) < 4.78 is 54.7. The predicted octanol–water partition coefficient (Wildman–Crippen LogP) is 2.13. The molecule has 2 amide bonds. The minimum Gasteiger partial charge on any atom is -0.384 e. The molecule has 2 aromatic carbocycles. The van der Waals surface area contributed by atoms with Gasteiger partial charge in [0.1, 0.15) is 56.7 Å². The number of thioether (sulfide) groups is 1. The van der Waals surface area contributed by atoms with Crippen LogP contribution in [0, 0.1) is 50.0 Å². The number of nitriles is 4. The Morgan fingerprint density at radius 1 is 0.692 bits per heavy atom. The second kappa shape index (κ2) is 22.8. The number of primary amides is 2. The van der Waals surface area contributed by atoms with Crippen LogP contribution in [0.4, 0.5) is 11.6 Å². The van der Waals surface area contributed by atoms with Gasteiger partial charge in [0.2, 0.25) is 31.9 Å². The molecule has 4 heterocycles. The van der Waals surface area contributed by atoms with Gasteiger partial charge in [-0.1, -0.05) is 64.2 Å². The molecular formula is C40H43BrN14O6S4. The van der Waals surface area contributed by atoms with E-state index in [1.165, 1.54) is 45.0 Å². The number of nitrogens with one attached hydrogen (secondary N) is 1.